The van der Waals surface area contributed by atoms with Crippen molar-refractivity contribution in [2.45, 2.75) is 20.4 Å². The summed E-state index contributed by atoms with van der Waals surface area (Å²) >= 11 is 0. The number of H-pyrrole nitrogens is 1. The maximum absolute atomic E-state index is 14.3. The highest BCUT2D eigenvalue weighted by Crippen LogP contribution is 2.21. The number of nitrogens with zero attached hydrogens (tertiary/aromatic N) is 2. The van der Waals surface area contributed by atoms with E-state index in [1.54, 1.807) is 0 Å². The summed E-state index contributed by atoms with van der Waals surface area (Å²) < 4.78 is 20.6. The van der Waals surface area contributed by atoms with Gasteiger partial charge in [0.15, 0.2) is 11.6 Å². The summed E-state index contributed by atoms with van der Waals surface area (Å²) in [5.74, 6) is -0.960. The van der Waals surface area contributed by atoms with E-state index in [1.807, 2.05) is 18.8 Å². The molecule has 22 heavy (non-hydrogen) atoms. The van der Waals surface area contributed by atoms with Gasteiger partial charge in [-0.15, -0.1) is 0 Å². The SMILES string of the molecule is COc1cccc(-n2c(=O)[nH]c(=O)n(CC(C)C)c2=O)c1F. The molecule has 0 saturated heterocycles. The van der Waals surface area contributed by atoms with Crippen LogP contribution in [0.4, 0.5) is 4.39 Å². The standard InChI is InChI=1S/C14H16FN3O4/c1-8(2)7-17-12(19)16-13(20)18(14(17)21)9-5-4-6-10(22-3)11(9)15/h4-6,8H,7H2,1-3H3,(H,16,19,20). The van der Waals surface area contributed by atoms with Crippen LogP contribution >= 0.6 is 0 Å². The fourth-order valence-electron chi connectivity index (χ4n) is 2.08. The van der Waals surface area contributed by atoms with Gasteiger partial charge in [0.2, 0.25) is 0 Å². The minimum atomic E-state index is -0.998. The van der Waals surface area contributed by atoms with Crippen LogP contribution < -0.4 is 21.8 Å². The highest BCUT2D eigenvalue weighted by molar-refractivity contribution is 5.41. The van der Waals surface area contributed by atoms with Gasteiger partial charge in [0.05, 0.1) is 12.8 Å². The van der Waals surface area contributed by atoms with E-state index in [4.69, 9.17) is 4.74 Å². The van der Waals surface area contributed by atoms with Gasteiger partial charge in [-0.25, -0.2) is 27.9 Å². The lowest BCUT2D eigenvalue weighted by Crippen LogP contribution is -2.49. The van der Waals surface area contributed by atoms with Gasteiger partial charge in [-0.2, -0.15) is 0 Å². The molecule has 118 valence electrons. The van der Waals surface area contributed by atoms with Gasteiger partial charge in [0, 0.05) is 6.54 Å². The largest absolute Gasteiger partial charge is 0.494 e. The Hall–Kier alpha value is -2.64. The van der Waals surface area contributed by atoms with E-state index in [-0.39, 0.29) is 23.9 Å². The number of nitrogens with one attached hydrogen (secondary N) is 1. The number of hydrogen-bond acceptors (Lipinski definition) is 4. The van der Waals surface area contributed by atoms with Crippen LogP contribution in [0.5, 0.6) is 5.75 Å². The first-order chi connectivity index (χ1) is 10.4. The van der Waals surface area contributed by atoms with Crippen molar-refractivity contribution in [3.8, 4) is 11.4 Å². The first kappa shape index (κ1) is 15.7. The molecule has 0 fully saturated rings. The molecule has 1 heterocycles. The van der Waals surface area contributed by atoms with Gasteiger partial charge in [-0.05, 0) is 18.1 Å². The number of rotatable bonds is 4. The summed E-state index contributed by atoms with van der Waals surface area (Å²) in [7, 11) is 1.27. The smallest absolute Gasteiger partial charge is 0.341 e. The van der Waals surface area contributed by atoms with Gasteiger partial charge >= 0.3 is 17.1 Å². The molecule has 0 atom stereocenters. The zero-order valence-electron chi connectivity index (χ0n) is 12.4. The minimum absolute atomic E-state index is 0.0000848. The Bertz CT molecular complexity index is 864. The van der Waals surface area contributed by atoms with Crippen LogP contribution in [0.3, 0.4) is 0 Å². The third-order valence-electron chi connectivity index (χ3n) is 3.04. The van der Waals surface area contributed by atoms with Crippen LogP contribution in [0.25, 0.3) is 5.69 Å². The Morgan fingerprint density at radius 1 is 1.23 bits per heavy atom. The second-order valence-electron chi connectivity index (χ2n) is 5.15. The van der Waals surface area contributed by atoms with Crippen LogP contribution in [0.15, 0.2) is 32.6 Å². The average molecular weight is 309 g/mol. The predicted molar refractivity (Wildman–Crippen MR) is 78.3 cm³/mol. The van der Waals surface area contributed by atoms with Crippen LogP contribution in [-0.4, -0.2) is 21.2 Å². The molecule has 0 aliphatic carbocycles. The van der Waals surface area contributed by atoms with Gasteiger partial charge < -0.3 is 4.74 Å². The lowest BCUT2D eigenvalue weighted by atomic mass is 10.2. The quantitative estimate of drug-likeness (QED) is 0.890. The molecule has 0 bridgehead atoms. The molecule has 0 aliphatic rings. The monoisotopic (exact) mass is 309 g/mol. The third kappa shape index (κ3) is 2.72. The number of benzene rings is 1. The van der Waals surface area contributed by atoms with Gasteiger partial charge in [-0.1, -0.05) is 19.9 Å². The van der Waals surface area contributed by atoms with E-state index in [9.17, 15) is 18.8 Å². The highest BCUT2D eigenvalue weighted by Gasteiger charge is 2.17. The predicted octanol–water partition coefficient (Wildman–Crippen LogP) is 0.491. The van der Waals surface area contributed by atoms with E-state index >= 15 is 0 Å². The molecular formula is C14H16FN3O4. The van der Waals surface area contributed by atoms with Crippen molar-refractivity contribution in [2.75, 3.05) is 7.11 Å². The van der Waals surface area contributed by atoms with Gasteiger partial charge in [0.1, 0.15) is 0 Å². The van der Waals surface area contributed by atoms with E-state index in [2.05, 4.69) is 0 Å². The van der Waals surface area contributed by atoms with Crippen molar-refractivity contribution in [3.05, 3.63) is 55.5 Å². The van der Waals surface area contributed by atoms with Crippen LogP contribution in [-0.2, 0) is 6.54 Å². The van der Waals surface area contributed by atoms with Gasteiger partial charge in [0.25, 0.3) is 0 Å². The number of hydrogen-bond donors (Lipinski definition) is 1. The zero-order valence-corrected chi connectivity index (χ0v) is 12.4. The molecule has 1 N–H and O–H groups in total. The lowest BCUT2D eigenvalue weighted by Gasteiger charge is -2.12. The minimum Gasteiger partial charge on any atom is -0.494 e. The fraction of sp³-hybridized carbons (Fsp3) is 0.357. The second-order valence-corrected chi connectivity index (χ2v) is 5.15. The summed E-state index contributed by atoms with van der Waals surface area (Å²) in [5, 5.41) is 0. The summed E-state index contributed by atoms with van der Waals surface area (Å²) in [6.07, 6.45) is 0. The summed E-state index contributed by atoms with van der Waals surface area (Å²) in [6.45, 7) is 3.74. The zero-order chi connectivity index (χ0) is 16.4. The molecule has 8 heteroatoms. The Kier molecular flexibility index (Phi) is 4.30. The molecule has 0 radical (unpaired) electrons. The summed E-state index contributed by atoms with van der Waals surface area (Å²) in [6, 6.07) is 4.07. The molecule has 0 spiro atoms. The third-order valence-corrected chi connectivity index (χ3v) is 3.04. The number of methoxy groups -OCH3 is 1. The van der Waals surface area contributed by atoms with Crippen LogP contribution in [0.1, 0.15) is 13.8 Å². The van der Waals surface area contributed by atoms with Crippen molar-refractivity contribution in [1.29, 1.82) is 0 Å². The molecule has 0 amide bonds. The van der Waals surface area contributed by atoms with Crippen molar-refractivity contribution in [2.24, 2.45) is 5.92 Å². The lowest BCUT2D eigenvalue weighted by molar-refractivity contribution is 0.384. The maximum Gasteiger partial charge on any atom is 0.341 e. The Labute approximate surface area is 124 Å². The van der Waals surface area contributed by atoms with Crippen LogP contribution in [0.2, 0.25) is 0 Å². The van der Waals surface area contributed by atoms with Crippen LogP contribution in [0, 0.1) is 11.7 Å². The number of aromatic amines is 1. The van der Waals surface area contributed by atoms with Crippen molar-refractivity contribution in [3.63, 3.8) is 0 Å². The summed E-state index contributed by atoms with van der Waals surface area (Å²) in [4.78, 5) is 38.1. The fourth-order valence-corrected chi connectivity index (χ4v) is 2.08. The first-order valence-corrected chi connectivity index (χ1v) is 6.65. The topological polar surface area (TPSA) is 86.1 Å². The molecular weight excluding hydrogens is 293 g/mol. The Morgan fingerprint density at radius 2 is 1.91 bits per heavy atom. The van der Waals surface area contributed by atoms with Crippen molar-refractivity contribution >= 4 is 0 Å². The molecule has 2 aromatic rings. The number of ether oxygens (including phenoxy) is 1. The summed E-state index contributed by atoms with van der Waals surface area (Å²) in [5.41, 5.74) is -2.98. The Balaban J connectivity index is 2.80. The molecule has 0 unspecified atom stereocenters. The highest BCUT2D eigenvalue weighted by atomic mass is 19.1. The maximum atomic E-state index is 14.3. The molecule has 0 aliphatic heterocycles. The average Bonchev–Trinajstić information content (AvgIpc) is 2.45. The van der Waals surface area contributed by atoms with Crippen molar-refractivity contribution < 1.29 is 9.13 Å². The Morgan fingerprint density at radius 3 is 2.50 bits per heavy atom. The van der Waals surface area contributed by atoms with E-state index < -0.39 is 22.9 Å². The van der Waals surface area contributed by atoms with E-state index in [1.165, 1.54) is 25.3 Å². The number of halogens is 1. The first-order valence-electron chi connectivity index (χ1n) is 6.65. The molecule has 2 rings (SSSR count). The van der Waals surface area contributed by atoms with Crippen molar-refractivity contribution in [1.82, 2.24) is 14.1 Å². The number of aromatic nitrogens is 3. The van der Waals surface area contributed by atoms with E-state index in [0.717, 1.165) is 4.57 Å². The normalized spacial score (nSPS) is 11.0. The van der Waals surface area contributed by atoms with Gasteiger partial charge in [-0.3, -0.25) is 4.98 Å². The van der Waals surface area contributed by atoms with E-state index in [0.29, 0.717) is 4.57 Å². The molecule has 1 aromatic carbocycles. The molecule has 1 aromatic heterocycles. The molecule has 7 nitrogen and oxygen atoms in total. The second kappa shape index (κ2) is 6.00. The molecule has 0 saturated carbocycles.